The molecule has 8 nitrogen and oxygen atoms in total. The van der Waals surface area contributed by atoms with Crippen LogP contribution in [-0.4, -0.2) is 51.2 Å². The first-order valence-electron chi connectivity index (χ1n) is 14.8. The molecule has 0 aromatic heterocycles. The highest BCUT2D eigenvalue weighted by Gasteiger charge is 2.48. The Morgan fingerprint density at radius 2 is 1.41 bits per heavy atom. The van der Waals surface area contributed by atoms with Gasteiger partial charge in [-0.15, -0.1) is 0 Å². The Morgan fingerprint density at radius 3 is 1.88 bits per heavy atom. The van der Waals surface area contributed by atoms with E-state index in [2.05, 4.69) is 53.4 Å². The zero-order valence-corrected chi connectivity index (χ0v) is 27.8. The van der Waals surface area contributed by atoms with Crippen LogP contribution < -0.4 is 5.32 Å². The molecule has 0 radical (unpaired) electrons. The predicted molar refractivity (Wildman–Crippen MR) is 165 cm³/mol. The Labute approximate surface area is 248 Å². The summed E-state index contributed by atoms with van der Waals surface area (Å²) in [7, 11) is -2.49. The van der Waals surface area contributed by atoms with Gasteiger partial charge < -0.3 is 24.0 Å². The third-order valence-electron chi connectivity index (χ3n) is 7.49. The van der Waals surface area contributed by atoms with E-state index in [-0.39, 0.29) is 48.1 Å². The predicted octanol–water partition coefficient (Wildman–Crippen LogP) is 7.19. The Morgan fingerprint density at radius 1 is 0.854 bits per heavy atom. The van der Waals surface area contributed by atoms with E-state index >= 15 is 0 Å². The van der Waals surface area contributed by atoms with Crippen molar-refractivity contribution in [3.05, 3.63) is 48.6 Å². The molecule has 0 bridgehead atoms. The van der Waals surface area contributed by atoms with Crippen molar-refractivity contribution in [3.8, 4) is 0 Å². The van der Waals surface area contributed by atoms with Crippen molar-refractivity contribution < 1.29 is 33.0 Å². The van der Waals surface area contributed by atoms with Gasteiger partial charge >= 0.3 is 18.0 Å². The fraction of sp³-hybridized carbons (Fsp3) is 0.656. The second kappa shape index (κ2) is 17.3. The number of amides is 1. The second-order valence-corrected chi connectivity index (χ2v) is 17.6. The van der Waals surface area contributed by atoms with Crippen LogP contribution in [0, 0.1) is 11.8 Å². The van der Waals surface area contributed by atoms with E-state index in [0.717, 1.165) is 5.56 Å². The monoisotopic (exact) mass is 591 g/mol. The molecule has 0 aliphatic carbocycles. The third kappa shape index (κ3) is 10.9. The average molecular weight is 592 g/mol. The molecular weight excluding hydrogens is 538 g/mol. The Kier molecular flexibility index (Phi) is 15.4. The molecule has 1 aromatic rings. The highest BCUT2D eigenvalue weighted by molar-refractivity contribution is 6.77. The number of esters is 2. The summed E-state index contributed by atoms with van der Waals surface area (Å²) in [5.41, 5.74) is 1.61. The molecule has 3 atom stereocenters. The van der Waals surface area contributed by atoms with Crippen molar-refractivity contribution in [1.29, 1.82) is 0 Å². The van der Waals surface area contributed by atoms with Gasteiger partial charge in [0.25, 0.3) is 0 Å². The lowest BCUT2D eigenvalue weighted by Crippen LogP contribution is -2.57. The van der Waals surface area contributed by atoms with Gasteiger partial charge in [-0.3, -0.25) is 4.79 Å². The number of carbonyl (C=O) groups is 3. The zero-order valence-electron chi connectivity index (χ0n) is 26.8. The van der Waals surface area contributed by atoms with Crippen LogP contribution in [0.4, 0.5) is 4.79 Å². The lowest BCUT2D eigenvalue weighted by molar-refractivity contribution is -0.171. The van der Waals surface area contributed by atoms with E-state index in [9.17, 15) is 14.4 Å². The summed E-state index contributed by atoms with van der Waals surface area (Å²) in [5, 5.41) is 2.98. The molecule has 0 fully saturated rings. The lowest BCUT2D eigenvalue weighted by atomic mass is 9.96. The topological polar surface area (TPSA) is 100 Å². The first-order chi connectivity index (χ1) is 19.2. The summed E-state index contributed by atoms with van der Waals surface area (Å²) in [6.07, 6.45) is -1.02. The Hall–Kier alpha value is -2.65. The highest BCUT2D eigenvalue weighted by Crippen LogP contribution is 2.44. The summed E-state index contributed by atoms with van der Waals surface area (Å²) in [4.78, 5) is 39.0. The molecule has 0 aliphatic heterocycles. The zero-order chi connectivity index (χ0) is 31.3. The standard InChI is InChI=1S/C32H53NO7Si/c1-12-18-37-31(35)30(22(4)5)39-28(34)19-27(40-41(23(6)7,24(8)9)25(10)11)29(21(2)3)33-32(36)38-20-26-16-14-13-15-17-26/h12-17,21-25,27,29-30H,1,18-20H2,2-11H3,(H,33,36)/t27-,29-,30-/m0/s1. The van der Waals surface area contributed by atoms with Crippen LogP contribution in [0.25, 0.3) is 0 Å². The van der Waals surface area contributed by atoms with Gasteiger partial charge in [-0.1, -0.05) is 112 Å². The molecule has 41 heavy (non-hydrogen) atoms. The fourth-order valence-corrected chi connectivity index (χ4v) is 11.1. The summed E-state index contributed by atoms with van der Waals surface area (Å²) in [6, 6.07) is 8.89. The minimum atomic E-state index is -2.49. The quantitative estimate of drug-likeness (QED) is 0.0886. The molecule has 0 unspecified atom stereocenters. The van der Waals surface area contributed by atoms with Gasteiger partial charge in [0, 0.05) is 5.92 Å². The van der Waals surface area contributed by atoms with Crippen LogP contribution in [0.1, 0.15) is 81.2 Å². The van der Waals surface area contributed by atoms with E-state index in [1.54, 1.807) is 13.8 Å². The minimum Gasteiger partial charge on any atom is -0.459 e. The van der Waals surface area contributed by atoms with Gasteiger partial charge in [0.15, 0.2) is 0 Å². The van der Waals surface area contributed by atoms with Crippen molar-refractivity contribution in [3.63, 3.8) is 0 Å². The molecule has 0 saturated heterocycles. The smallest absolute Gasteiger partial charge is 0.407 e. The molecule has 1 aromatic carbocycles. The van der Waals surface area contributed by atoms with Gasteiger partial charge in [0.05, 0.1) is 18.6 Å². The lowest BCUT2D eigenvalue weighted by Gasteiger charge is -2.46. The number of nitrogens with one attached hydrogen (secondary N) is 1. The summed E-state index contributed by atoms with van der Waals surface area (Å²) < 4.78 is 23.5. The Balaban J connectivity index is 3.33. The molecule has 0 heterocycles. The normalized spacial score (nSPS) is 14.2. The van der Waals surface area contributed by atoms with Gasteiger partial charge in [-0.25, -0.2) is 9.59 Å². The molecule has 9 heteroatoms. The summed E-state index contributed by atoms with van der Waals surface area (Å²) in [5.74, 6) is -1.59. The molecule has 232 valence electrons. The van der Waals surface area contributed by atoms with Crippen molar-refractivity contribution >= 4 is 26.3 Å². The maximum atomic E-state index is 13.4. The first-order valence-corrected chi connectivity index (χ1v) is 16.9. The van der Waals surface area contributed by atoms with Crippen molar-refractivity contribution in [2.24, 2.45) is 11.8 Å². The maximum absolute atomic E-state index is 13.4. The van der Waals surface area contributed by atoms with Gasteiger partial charge in [-0.2, -0.15) is 0 Å². The first kappa shape index (κ1) is 36.4. The van der Waals surface area contributed by atoms with E-state index in [1.807, 2.05) is 44.2 Å². The van der Waals surface area contributed by atoms with Crippen LogP contribution in [0.5, 0.6) is 0 Å². The largest absolute Gasteiger partial charge is 0.459 e. The van der Waals surface area contributed by atoms with Crippen LogP contribution >= 0.6 is 0 Å². The van der Waals surface area contributed by atoms with Gasteiger partial charge in [0.1, 0.15) is 13.2 Å². The SMILES string of the molecule is C=CCOC(=O)[C@@H](OC(=O)C[C@H](O[Si](C(C)C)(C(C)C)C(C)C)[C@@H](NC(=O)OCc1ccccc1)C(C)C)C(C)C. The molecule has 0 aliphatic rings. The molecule has 1 N–H and O–H groups in total. The number of alkyl carbamates (subject to hydrolysis) is 1. The van der Waals surface area contributed by atoms with E-state index < -0.39 is 44.6 Å². The van der Waals surface area contributed by atoms with Crippen LogP contribution in [-0.2, 0) is 34.8 Å². The van der Waals surface area contributed by atoms with Crippen molar-refractivity contribution in [2.45, 2.75) is 117 Å². The molecule has 1 amide bonds. The average Bonchev–Trinajstić information content (AvgIpc) is 2.89. The van der Waals surface area contributed by atoms with E-state index in [4.69, 9.17) is 18.6 Å². The number of carbonyl (C=O) groups excluding carboxylic acids is 3. The summed E-state index contributed by atoms with van der Waals surface area (Å²) in [6.45, 7) is 24.2. The van der Waals surface area contributed by atoms with Crippen LogP contribution in [0.2, 0.25) is 16.6 Å². The minimum absolute atomic E-state index is 0.0288. The molecule has 0 spiro atoms. The van der Waals surface area contributed by atoms with Crippen molar-refractivity contribution in [1.82, 2.24) is 5.32 Å². The highest BCUT2D eigenvalue weighted by atomic mass is 28.4. The third-order valence-corrected chi connectivity index (χ3v) is 13.6. The number of benzene rings is 1. The summed E-state index contributed by atoms with van der Waals surface area (Å²) >= 11 is 0. The fourth-order valence-electron chi connectivity index (χ4n) is 5.54. The molecule has 0 saturated carbocycles. The molecular formula is C32H53NO7Si. The van der Waals surface area contributed by atoms with Crippen molar-refractivity contribution in [2.75, 3.05) is 6.61 Å². The maximum Gasteiger partial charge on any atom is 0.407 e. The number of hydrogen-bond donors (Lipinski definition) is 1. The van der Waals surface area contributed by atoms with E-state index in [1.165, 1.54) is 6.08 Å². The van der Waals surface area contributed by atoms with Crippen LogP contribution in [0.3, 0.4) is 0 Å². The van der Waals surface area contributed by atoms with Gasteiger partial charge in [-0.05, 0) is 28.1 Å². The molecule has 1 rings (SSSR count). The van der Waals surface area contributed by atoms with Gasteiger partial charge in [0.2, 0.25) is 14.4 Å². The van der Waals surface area contributed by atoms with E-state index in [0.29, 0.717) is 0 Å². The second-order valence-electron chi connectivity index (χ2n) is 12.2. The Bertz CT molecular complexity index is 940. The number of hydrogen-bond acceptors (Lipinski definition) is 7. The number of ether oxygens (including phenoxy) is 3. The van der Waals surface area contributed by atoms with Crippen LogP contribution in [0.15, 0.2) is 43.0 Å². The number of rotatable bonds is 17.